The molecule has 0 aromatic rings. The molecule has 0 saturated carbocycles. The van der Waals surface area contributed by atoms with Crippen molar-refractivity contribution in [2.45, 2.75) is 45.1 Å². The average Bonchev–Trinajstić information content (AvgIpc) is 2.30. The first-order valence-electron chi connectivity index (χ1n) is 6.40. The summed E-state index contributed by atoms with van der Waals surface area (Å²) in [6, 6.07) is 0.318. The number of carbonyl (C=O) groups is 1. The van der Waals surface area contributed by atoms with E-state index in [1.165, 1.54) is 12.8 Å². The highest BCUT2D eigenvalue weighted by atomic mass is 16.5. The Kier molecular flexibility index (Phi) is 7.17. The van der Waals surface area contributed by atoms with Crippen LogP contribution in [0.25, 0.3) is 0 Å². The molecule has 0 spiro atoms. The maximum Gasteiger partial charge on any atom is 0.234 e. The molecule has 1 heterocycles. The first kappa shape index (κ1) is 13.5. The minimum absolute atomic E-state index is 0.114. The third-order valence-electron chi connectivity index (χ3n) is 2.83. The number of amides is 1. The van der Waals surface area contributed by atoms with Crippen molar-refractivity contribution in [3.05, 3.63) is 0 Å². The van der Waals surface area contributed by atoms with Gasteiger partial charge in [0.2, 0.25) is 5.91 Å². The molecule has 1 amide bonds. The van der Waals surface area contributed by atoms with Crippen molar-refractivity contribution in [2.24, 2.45) is 0 Å². The molecule has 16 heavy (non-hydrogen) atoms. The van der Waals surface area contributed by atoms with Crippen molar-refractivity contribution in [3.63, 3.8) is 0 Å². The van der Waals surface area contributed by atoms with Gasteiger partial charge in [-0.15, -0.1) is 0 Å². The molecule has 0 aromatic carbocycles. The summed E-state index contributed by atoms with van der Waals surface area (Å²) in [5.41, 5.74) is 0. The second kappa shape index (κ2) is 8.53. The molecule has 1 saturated heterocycles. The van der Waals surface area contributed by atoms with Crippen molar-refractivity contribution in [1.82, 2.24) is 10.6 Å². The van der Waals surface area contributed by atoms with E-state index in [2.05, 4.69) is 17.6 Å². The number of hydrogen-bond acceptors (Lipinski definition) is 3. The zero-order chi connectivity index (χ0) is 11.6. The maximum absolute atomic E-state index is 11.5. The van der Waals surface area contributed by atoms with Gasteiger partial charge < -0.3 is 15.4 Å². The van der Waals surface area contributed by atoms with Crippen LogP contribution in [0.4, 0.5) is 0 Å². The molecule has 1 aliphatic heterocycles. The fourth-order valence-corrected chi connectivity index (χ4v) is 1.82. The van der Waals surface area contributed by atoms with Gasteiger partial charge in [0.1, 0.15) is 0 Å². The van der Waals surface area contributed by atoms with E-state index in [-0.39, 0.29) is 5.91 Å². The molecule has 0 radical (unpaired) electrons. The van der Waals surface area contributed by atoms with Crippen LogP contribution in [0.1, 0.15) is 39.0 Å². The second-order valence-corrected chi connectivity index (χ2v) is 4.34. The first-order valence-corrected chi connectivity index (χ1v) is 6.40. The number of nitrogens with one attached hydrogen (secondary N) is 2. The van der Waals surface area contributed by atoms with Gasteiger partial charge in [-0.2, -0.15) is 0 Å². The highest BCUT2D eigenvalue weighted by molar-refractivity contribution is 5.78. The van der Waals surface area contributed by atoms with Crippen molar-refractivity contribution in [3.8, 4) is 0 Å². The van der Waals surface area contributed by atoms with Gasteiger partial charge in [0.25, 0.3) is 0 Å². The summed E-state index contributed by atoms with van der Waals surface area (Å²) in [6.45, 7) is 5.11. The molecule has 4 nitrogen and oxygen atoms in total. The Morgan fingerprint density at radius 3 is 2.75 bits per heavy atom. The van der Waals surface area contributed by atoms with E-state index >= 15 is 0 Å². The van der Waals surface area contributed by atoms with Crippen molar-refractivity contribution < 1.29 is 9.53 Å². The summed E-state index contributed by atoms with van der Waals surface area (Å²) in [7, 11) is 0. The zero-order valence-electron chi connectivity index (χ0n) is 10.3. The van der Waals surface area contributed by atoms with Gasteiger partial charge in [-0.1, -0.05) is 19.8 Å². The molecular weight excluding hydrogens is 204 g/mol. The molecule has 0 bridgehead atoms. The predicted molar refractivity (Wildman–Crippen MR) is 64.4 cm³/mol. The third-order valence-corrected chi connectivity index (χ3v) is 2.83. The van der Waals surface area contributed by atoms with E-state index in [1.807, 2.05) is 0 Å². The van der Waals surface area contributed by atoms with Gasteiger partial charge in [0.05, 0.1) is 6.54 Å². The molecular formula is C12H24N2O2. The molecule has 0 unspecified atom stereocenters. The van der Waals surface area contributed by atoms with E-state index in [0.717, 1.165) is 39.0 Å². The first-order chi connectivity index (χ1) is 7.83. The van der Waals surface area contributed by atoms with Crippen molar-refractivity contribution >= 4 is 5.91 Å². The normalized spacial score (nSPS) is 17.3. The fourth-order valence-electron chi connectivity index (χ4n) is 1.82. The van der Waals surface area contributed by atoms with Crippen LogP contribution in [-0.4, -0.2) is 38.3 Å². The average molecular weight is 228 g/mol. The summed E-state index contributed by atoms with van der Waals surface area (Å²) in [4.78, 5) is 11.5. The van der Waals surface area contributed by atoms with Gasteiger partial charge in [-0.05, 0) is 25.8 Å². The van der Waals surface area contributed by atoms with Crippen molar-refractivity contribution in [1.29, 1.82) is 0 Å². The lowest BCUT2D eigenvalue weighted by Crippen LogP contribution is -2.43. The highest BCUT2D eigenvalue weighted by Gasteiger charge is 2.15. The van der Waals surface area contributed by atoms with Crippen LogP contribution in [-0.2, 0) is 9.53 Å². The van der Waals surface area contributed by atoms with E-state index < -0.39 is 0 Å². The minimum Gasteiger partial charge on any atom is -0.381 e. The number of ether oxygens (including phenoxy) is 1. The van der Waals surface area contributed by atoms with Crippen LogP contribution in [0, 0.1) is 0 Å². The van der Waals surface area contributed by atoms with E-state index in [0.29, 0.717) is 12.6 Å². The fraction of sp³-hybridized carbons (Fsp3) is 0.917. The van der Waals surface area contributed by atoms with E-state index in [9.17, 15) is 4.79 Å². The molecule has 1 rings (SSSR count). The Bertz CT molecular complexity index is 191. The highest BCUT2D eigenvalue weighted by Crippen LogP contribution is 2.05. The van der Waals surface area contributed by atoms with Crippen LogP contribution >= 0.6 is 0 Å². The van der Waals surface area contributed by atoms with Gasteiger partial charge in [0.15, 0.2) is 0 Å². The van der Waals surface area contributed by atoms with Gasteiger partial charge in [-0.25, -0.2) is 0 Å². The van der Waals surface area contributed by atoms with E-state index in [1.54, 1.807) is 0 Å². The van der Waals surface area contributed by atoms with Gasteiger partial charge in [0, 0.05) is 19.3 Å². The Labute approximate surface area is 98.1 Å². The lowest BCUT2D eigenvalue weighted by molar-refractivity contribution is -0.121. The number of carbonyl (C=O) groups excluding carboxylic acids is 1. The number of rotatable bonds is 7. The maximum atomic E-state index is 11.5. The SMILES string of the molecule is CCCCCNCC(=O)NC1CCOCC1. The van der Waals surface area contributed by atoms with Crippen LogP contribution in [0.5, 0.6) is 0 Å². The summed E-state index contributed by atoms with van der Waals surface area (Å²) in [5.74, 6) is 0.114. The quantitative estimate of drug-likeness (QED) is 0.641. The zero-order valence-corrected chi connectivity index (χ0v) is 10.3. The molecule has 0 aliphatic carbocycles. The lowest BCUT2D eigenvalue weighted by atomic mass is 10.1. The molecule has 1 aliphatic rings. The van der Waals surface area contributed by atoms with Gasteiger partial charge >= 0.3 is 0 Å². The van der Waals surface area contributed by atoms with Crippen molar-refractivity contribution in [2.75, 3.05) is 26.3 Å². The van der Waals surface area contributed by atoms with Gasteiger partial charge in [-0.3, -0.25) is 4.79 Å². The molecule has 4 heteroatoms. The minimum atomic E-state index is 0.114. The lowest BCUT2D eigenvalue weighted by Gasteiger charge is -2.23. The Balaban J connectivity index is 1.97. The third kappa shape index (κ3) is 6.08. The van der Waals surface area contributed by atoms with Crippen LogP contribution in [0.2, 0.25) is 0 Å². The Morgan fingerprint density at radius 2 is 2.06 bits per heavy atom. The van der Waals surface area contributed by atoms with Crippen LogP contribution in [0.3, 0.4) is 0 Å². The summed E-state index contributed by atoms with van der Waals surface area (Å²) in [5, 5.41) is 6.19. The smallest absolute Gasteiger partial charge is 0.234 e. The molecule has 2 N–H and O–H groups in total. The summed E-state index contributed by atoms with van der Waals surface area (Å²) >= 11 is 0. The monoisotopic (exact) mass is 228 g/mol. The topological polar surface area (TPSA) is 50.4 Å². The Morgan fingerprint density at radius 1 is 1.31 bits per heavy atom. The molecule has 0 aromatic heterocycles. The standard InChI is InChI=1S/C12H24N2O2/c1-2-3-4-7-13-10-12(15)14-11-5-8-16-9-6-11/h11,13H,2-10H2,1H3,(H,14,15). The molecule has 94 valence electrons. The van der Waals surface area contributed by atoms with E-state index in [4.69, 9.17) is 4.74 Å². The molecule has 0 atom stereocenters. The van der Waals surface area contributed by atoms with Crippen LogP contribution in [0.15, 0.2) is 0 Å². The Hall–Kier alpha value is -0.610. The van der Waals surface area contributed by atoms with Crippen LogP contribution < -0.4 is 10.6 Å². The summed E-state index contributed by atoms with van der Waals surface area (Å²) in [6.07, 6.45) is 5.49. The number of unbranched alkanes of at least 4 members (excludes halogenated alkanes) is 2. The number of hydrogen-bond donors (Lipinski definition) is 2. The predicted octanol–water partition coefficient (Wildman–Crippen LogP) is 1.06. The second-order valence-electron chi connectivity index (χ2n) is 4.34. The largest absolute Gasteiger partial charge is 0.381 e. The molecule has 1 fully saturated rings. The summed E-state index contributed by atoms with van der Waals surface area (Å²) < 4.78 is 5.24.